The molecule has 1 unspecified atom stereocenters. The van der Waals surface area contributed by atoms with E-state index in [4.69, 9.17) is 4.74 Å². The minimum Gasteiger partial charge on any atom is -0.463 e. The summed E-state index contributed by atoms with van der Waals surface area (Å²) in [6, 6.07) is 9.81. The van der Waals surface area contributed by atoms with Crippen LogP contribution in [0.3, 0.4) is 0 Å². The molecule has 0 fully saturated rings. The summed E-state index contributed by atoms with van der Waals surface area (Å²) >= 11 is 0. The van der Waals surface area contributed by atoms with Crippen molar-refractivity contribution in [1.29, 1.82) is 0 Å². The highest BCUT2D eigenvalue weighted by Crippen LogP contribution is 2.29. The first-order chi connectivity index (χ1) is 14.2. The fourth-order valence-corrected chi connectivity index (χ4v) is 4.43. The van der Waals surface area contributed by atoms with Crippen LogP contribution in [-0.4, -0.2) is 32.8 Å². The first-order valence-corrected chi connectivity index (χ1v) is 10.9. The number of sulfone groups is 1. The lowest BCUT2D eigenvalue weighted by Crippen LogP contribution is -2.47. The molecule has 0 saturated heterocycles. The number of hydrogen-bond donors (Lipinski definition) is 2. The summed E-state index contributed by atoms with van der Waals surface area (Å²) in [5, 5.41) is 5.01. The number of nitrogens with one attached hydrogen (secondary N) is 2. The van der Waals surface area contributed by atoms with Crippen molar-refractivity contribution in [2.75, 3.05) is 12.4 Å². The van der Waals surface area contributed by atoms with Crippen LogP contribution in [0.25, 0.3) is 0 Å². The van der Waals surface area contributed by atoms with Gasteiger partial charge in [-0.25, -0.2) is 22.4 Å². The molecule has 3 rings (SSSR count). The van der Waals surface area contributed by atoms with E-state index in [9.17, 15) is 22.4 Å². The van der Waals surface area contributed by atoms with Crippen molar-refractivity contribution < 1.29 is 27.1 Å². The number of halogens is 1. The predicted octanol–water partition coefficient (Wildman–Crippen LogP) is 2.78. The molecule has 0 spiro atoms. The molecule has 2 amide bonds. The summed E-state index contributed by atoms with van der Waals surface area (Å²) in [4.78, 5) is 25.0. The van der Waals surface area contributed by atoms with Crippen LogP contribution in [0, 0.1) is 12.7 Å². The highest BCUT2D eigenvalue weighted by atomic mass is 32.2. The van der Waals surface area contributed by atoms with Crippen LogP contribution >= 0.6 is 0 Å². The molecular formula is C21H21FN2O5S. The van der Waals surface area contributed by atoms with Crippen molar-refractivity contribution in [3.05, 3.63) is 76.7 Å². The molecule has 0 bridgehead atoms. The van der Waals surface area contributed by atoms with Gasteiger partial charge in [0.05, 0.1) is 28.9 Å². The number of carbonyl (C=O) groups excluding carboxylic acids is 2. The molecule has 1 heterocycles. The number of benzene rings is 2. The van der Waals surface area contributed by atoms with Crippen molar-refractivity contribution in [2.24, 2.45) is 0 Å². The SMILES string of the molecule is CCOC(=O)C1=C(CS(=O)(=O)c2ccc(C)cc2)NC(=O)NC1c1ccc(F)cc1. The van der Waals surface area contributed by atoms with E-state index in [-0.39, 0.29) is 22.8 Å². The Kier molecular flexibility index (Phi) is 6.21. The van der Waals surface area contributed by atoms with Crippen LogP contribution in [0.5, 0.6) is 0 Å². The van der Waals surface area contributed by atoms with Gasteiger partial charge < -0.3 is 15.4 Å². The van der Waals surface area contributed by atoms with Crippen LogP contribution in [-0.2, 0) is 19.4 Å². The fourth-order valence-electron chi connectivity index (χ4n) is 3.11. The van der Waals surface area contributed by atoms with E-state index in [1.165, 1.54) is 36.4 Å². The Morgan fingerprint density at radius 1 is 1.10 bits per heavy atom. The Bertz CT molecular complexity index is 1090. The van der Waals surface area contributed by atoms with Gasteiger partial charge in [-0.2, -0.15) is 0 Å². The van der Waals surface area contributed by atoms with Gasteiger partial charge in [-0.3, -0.25) is 0 Å². The molecule has 0 radical (unpaired) electrons. The summed E-state index contributed by atoms with van der Waals surface area (Å²) in [6.45, 7) is 3.51. The van der Waals surface area contributed by atoms with Crippen LogP contribution < -0.4 is 10.6 Å². The van der Waals surface area contributed by atoms with E-state index in [1.54, 1.807) is 19.1 Å². The first-order valence-electron chi connectivity index (χ1n) is 9.24. The second kappa shape index (κ2) is 8.66. The summed E-state index contributed by atoms with van der Waals surface area (Å²) < 4.78 is 44.3. The van der Waals surface area contributed by atoms with Crippen molar-refractivity contribution >= 4 is 21.8 Å². The molecule has 0 aromatic heterocycles. The minimum atomic E-state index is -3.86. The zero-order valence-electron chi connectivity index (χ0n) is 16.4. The maximum Gasteiger partial charge on any atom is 0.338 e. The van der Waals surface area contributed by atoms with Gasteiger partial charge >= 0.3 is 12.0 Å². The second-order valence-corrected chi connectivity index (χ2v) is 8.76. The minimum absolute atomic E-state index is 0.0428. The monoisotopic (exact) mass is 432 g/mol. The maximum atomic E-state index is 13.3. The average molecular weight is 432 g/mol. The second-order valence-electron chi connectivity index (χ2n) is 6.77. The Morgan fingerprint density at radius 2 is 1.73 bits per heavy atom. The van der Waals surface area contributed by atoms with Gasteiger partial charge in [0.1, 0.15) is 5.82 Å². The topological polar surface area (TPSA) is 102 Å². The molecule has 2 N–H and O–H groups in total. The third-order valence-corrected chi connectivity index (χ3v) is 6.23. The van der Waals surface area contributed by atoms with Crippen molar-refractivity contribution in [3.8, 4) is 0 Å². The van der Waals surface area contributed by atoms with Crippen molar-refractivity contribution in [1.82, 2.24) is 10.6 Å². The number of hydrogen-bond acceptors (Lipinski definition) is 5. The molecule has 158 valence electrons. The van der Waals surface area contributed by atoms with Gasteiger partial charge in [0.15, 0.2) is 9.84 Å². The fraction of sp³-hybridized carbons (Fsp3) is 0.238. The Hall–Kier alpha value is -3.20. The molecule has 2 aromatic rings. The van der Waals surface area contributed by atoms with Gasteiger partial charge in [0, 0.05) is 5.70 Å². The number of urea groups is 1. The molecule has 7 nitrogen and oxygen atoms in total. The molecule has 9 heteroatoms. The molecule has 0 aliphatic carbocycles. The molecule has 0 saturated carbocycles. The number of ether oxygens (including phenoxy) is 1. The smallest absolute Gasteiger partial charge is 0.338 e. The highest BCUT2D eigenvalue weighted by Gasteiger charge is 2.35. The normalized spacial score (nSPS) is 16.6. The number of amides is 2. The lowest BCUT2D eigenvalue weighted by atomic mass is 9.95. The predicted molar refractivity (Wildman–Crippen MR) is 108 cm³/mol. The number of aryl methyl sites for hydroxylation is 1. The molecule has 1 aliphatic heterocycles. The van der Waals surface area contributed by atoms with Crippen LogP contribution in [0.2, 0.25) is 0 Å². The Labute approximate surface area is 173 Å². The third-order valence-electron chi connectivity index (χ3n) is 4.57. The third kappa shape index (κ3) is 4.68. The lowest BCUT2D eigenvalue weighted by Gasteiger charge is -2.29. The lowest BCUT2D eigenvalue weighted by molar-refractivity contribution is -0.139. The van der Waals surface area contributed by atoms with E-state index >= 15 is 0 Å². The summed E-state index contributed by atoms with van der Waals surface area (Å²) in [5.41, 5.74) is 1.19. The van der Waals surface area contributed by atoms with Gasteiger partial charge in [-0.1, -0.05) is 29.8 Å². The van der Waals surface area contributed by atoms with Gasteiger partial charge in [0.25, 0.3) is 0 Å². The summed E-state index contributed by atoms with van der Waals surface area (Å²) in [7, 11) is -3.86. The number of rotatable bonds is 6. The van der Waals surface area contributed by atoms with E-state index < -0.39 is 39.4 Å². The summed E-state index contributed by atoms with van der Waals surface area (Å²) in [6.07, 6.45) is 0. The van der Waals surface area contributed by atoms with Crippen LogP contribution in [0.1, 0.15) is 24.1 Å². The Morgan fingerprint density at radius 3 is 2.33 bits per heavy atom. The standard InChI is InChI=1S/C21H21FN2O5S/c1-3-29-20(25)18-17(12-30(27,28)16-10-4-13(2)5-11-16)23-21(26)24-19(18)14-6-8-15(22)9-7-14/h4-11,19H,3,12H2,1-2H3,(H2,23,24,26). The zero-order chi connectivity index (χ0) is 21.9. The highest BCUT2D eigenvalue weighted by molar-refractivity contribution is 7.91. The van der Waals surface area contributed by atoms with Crippen LogP contribution in [0.4, 0.5) is 9.18 Å². The van der Waals surface area contributed by atoms with Gasteiger partial charge in [0.2, 0.25) is 0 Å². The van der Waals surface area contributed by atoms with E-state index in [1.807, 2.05) is 6.92 Å². The van der Waals surface area contributed by atoms with E-state index in [0.29, 0.717) is 5.56 Å². The molecule has 2 aromatic carbocycles. The van der Waals surface area contributed by atoms with E-state index in [0.717, 1.165) is 5.56 Å². The average Bonchev–Trinajstić information content (AvgIpc) is 2.68. The number of carbonyl (C=O) groups is 2. The van der Waals surface area contributed by atoms with Crippen molar-refractivity contribution in [3.63, 3.8) is 0 Å². The number of esters is 1. The van der Waals surface area contributed by atoms with Crippen molar-refractivity contribution in [2.45, 2.75) is 24.8 Å². The molecule has 1 aliphatic rings. The van der Waals surface area contributed by atoms with Gasteiger partial charge in [-0.05, 0) is 43.7 Å². The first kappa shape index (κ1) is 21.5. The largest absolute Gasteiger partial charge is 0.463 e. The maximum absolute atomic E-state index is 13.3. The quantitative estimate of drug-likeness (QED) is 0.684. The molecule has 1 atom stereocenters. The van der Waals surface area contributed by atoms with Crippen LogP contribution in [0.15, 0.2) is 64.7 Å². The molecule has 30 heavy (non-hydrogen) atoms. The Balaban J connectivity index is 2.08. The van der Waals surface area contributed by atoms with Gasteiger partial charge in [-0.15, -0.1) is 0 Å². The summed E-state index contributed by atoms with van der Waals surface area (Å²) in [5.74, 6) is -1.86. The molecular weight excluding hydrogens is 411 g/mol. The zero-order valence-corrected chi connectivity index (χ0v) is 17.3. The van der Waals surface area contributed by atoms with E-state index in [2.05, 4.69) is 10.6 Å².